The maximum absolute atomic E-state index is 12.1. The van der Waals surface area contributed by atoms with Crippen LogP contribution in [-0.2, 0) is 10.2 Å². The third-order valence-electron chi connectivity index (χ3n) is 5.12. The fourth-order valence-corrected chi connectivity index (χ4v) is 3.53. The Bertz CT molecular complexity index is 567. The number of nitrogens with one attached hydrogen (secondary N) is 1. The van der Waals surface area contributed by atoms with Crippen molar-refractivity contribution in [1.82, 2.24) is 5.32 Å². The first-order valence-electron chi connectivity index (χ1n) is 8.52. The van der Waals surface area contributed by atoms with Gasteiger partial charge in [-0.15, -0.1) is 0 Å². The van der Waals surface area contributed by atoms with Crippen LogP contribution >= 0.6 is 0 Å². The molecule has 1 aromatic rings. The number of benzene rings is 1. The fraction of sp³-hybridized carbons (Fsp3) is 0.611. The van der Waals surface area contributed by atoms with Crippen LogP contribution in [0.25, 0.3) is 0 Å². The standard InChI is InChI=1S/C18H26N2O3/c1-13(11-19)17(21)20-12-18(6-2-3-7-18)14-4-5-15-16(10-14)23-9-8-22-15/h4-5,10,13H,2-3,6-9,11-12,19H2,1H3,(H,20,21). The van der Waals surface area contributed by atoms with E-state index >= 15 is 0 Å². The number of amides is 1. The molecule has 0 bridgehead atoms. The number of fused-ring (bicyclic) bond motifs is 1. The maximum atomic E-state index is 12.1. The molecule has 126 valence electrons. The second kappa shape index (κ2) is 6.79. The molecule has 1 fully saturated rings. The van der Waals surface area contributed by atoms with Gasteiger partial charge in [-0.25, -0.2) is 0 Å². The summed E-state index contributed by atoms with van der Waals surface area (Å²) in [4.78, 5) is 12.1. The summed E-state index contributed by atoms with van der Waals surface area (Å²) in [5.74, 6) is 1.53. The fourth-order valence-electron chi connectivity index (χ4n) is 3.53. The summed E-state index contributed by atoms with van der Waals surface area (Å²) in [6.45, 7) is 4.10. The summed E-state index contributed by atoms with van der Waals surface area (Å²) >= 11 is 0. The molecule has 23 heavy (non-hydrogen) atoms. The van der Waals surface area contributed by atoms with Crippen molar-refractivity contribution in [2.45, 2.75) is 38.0 Å². The molecule has 0 spiro atoms. The van der Waals surface area contributed by atoms with E-state index in [-0.39, 0.29) is 17.2 Å². The molecule has 5 nitrogen and oxygen atoms in total. The van der Waals surface area contributed by atoms with Crippen LogP contribution in [-0.4, -0.2) is 32.2 Å². The lowest BCUT2D eigenvalue weighted by atomic mass is 9.78. The molecule has 0 aromatic heterocycles. The van der Waals surface area contributed by atoms with Crippen LogP contribution in [0.2, 0.25) is 0 Å². The van der Waals surface area contributed by atoms with Gasteiger partial charge in [0.1, 0.15) is 13.2 Å². The summed E-state index contributed by atoms with van der Waals surface area (Å²) in [5.41, 5.74) is 6.82. The Morgan fingerprint density at radius 1 is 1.26 bits per heavy atom. The Kier molecular flexibility index (Phi) is 4.76. The van der Waals surface area contributed by atoms with Crippen molar-refractivity contribution in [2.75, 3.05) is 26.3 Å². The Balaban J connectivity index is 1.79. The topological polar surface area (TPSA) is 73.6 Å². The summed E-state index contributed by atoms with van der Waals surface area (Å²) in [7, 11) is 0. The zero-order chi connectivity index (χ0) is 16.3. The van der Waals surface area contributed by atoms with Gasteiger partial charge in [0.15, 0.2) is 11.5 Å². The molecule has 1 aromatic carbocycles. The van der Waals surface area contributed by atoms with Crippen molar-refractivity contribution in [3.05, 3.63) is 23.8 Å². The number of ether oxygens (including phenoxy) is 2. The maximum Gasteiger partial charge on any atom is 0.224 e. The predicted octanol–water partition coefficient (Wildman–Crippen LogP) is 1.98. The van der Waals surface area contributed by atoms with E-state index in [9.17, 15) is 4.79 Å². The van der Waals surface area contributed by atoms with Crippen LogP contribution in [0.3, 0.4) is 0 Å². The number of hydrogen-bond donors (Lipinski definition) is 2. The van der Waals surface area contributed by atoms with Gasteiger partial charge in [-0.2, -0.15) is 0 Å². The average Bonchev–Trinajstić information content (AvgIpc) is 3.08. The number of hydrogen-bond acceptors (Lipinski definition) is 4. The van der Waals surface area contributed by atoms with Gasteiger partial charge in [0.05, 0.1) is 0 Å². The van der Waals surface area contributed by atoms with E-state index in [1.807, 2.05) is 13.0 Å². The van der Waals surface area contributed by atoms with Gasteiger partial charge in [0.2, 0.25) is 5.91 Å². The van der Waals surface area contributed by atoms with Gasteiger partial charge >= 0.3 is 0 Å². The molecule has 1 amide bonds. The molecule has 3 N–H and O–H groups in total. The third-order valence-corrected chi connectivity index (χ3v) is 5.12. The van der Waals surface area contributed by atoms with Crippen molar-refractivity contribution < 1.29 is 14.3 Å². The van der Waals surface area contributed by atoms with Crippen LogP contribution in [0.1, 0.15) is 38.2 Å². The monoisotopic (exact) mass is 318 g/mol. The summed E-state index contributed by atoms with van der Waals surface area (Å²) in [6, 6.07) is 6.21. The molecule has 1 aliphatic heterocycles. The first-order valence-corrected chi connectivity index (χ1v) is 8.52. The van der Waals surface area contributed by atoms with E-state index in [0.29, 0.717) is 26.3 Å². The minimum atomic E-state index is -0.145. The van der Waals surface area contributed by atoms with Crippen molar-refractivity contribution in [3.63, 3.8) is 0 Å². The lowest BCUT2D eigenvalue weighted by molar-refractivity contribution is -0.124. The summed E-state index contributed by atoms with van der Waals surface area (Å²) in [6.07, 6.45) is 4.56. The van der Waals surface area contributed by atoms with Crippen molar-refractivity contribution in [1.29, 1.82) is 0 Å². The molecule has 1 saturated carbocycles. The SMILES string of the molecule is CC(CN)C(=O)NCC1(c2ccc3c(c2)OCCO3)CCCC1. The predicted molar refractivity (Wildman–Crippen MR) is 88.8 cm³/mol. The van der Waals surface area contributed by atoms with Crippen LogP contribution < -0.4 is 20.5 Å². The highest BCUT2D eigenvalue weighted by Gasteiger charge is 2.37. The Morgan fingerprint density at radius 2 is 1.96 bits per heavy atom. The van der Waals surface area contributed by atoms with E-state index < -0.39 is 0 Å². The van der Waals surface area contributed by atoms with Gasteiger partial charge in [-0.05, 0) is 30.5 Å². The Labute approximate surface area is 137 Å². The van der Waals surface area contributed by atoms with Crippen molar-refractivity contribution in [2.24, 2.45) is 11.7 Å². The highest BCUT2D eigenvalue weighted by atomic mass is 16.6. The lowest BCUT2D eigenvalue weighted by Gasteiger charge is -2.31. The van der Waals surface area contributed by atoms with E-state index in [2.05, 4.69) is 17.4 Å². The molecule has 2 aliphatic rings. The van der Waals surface area contributed by atoms with Crippen LogP contribution in [0.15, 0.2) is 18.2 Å². The molecule has 1 aliphatic carbocycles. The molecule has 1 atom stereocenters. The Morgan fingerprint density at radius 3 is 2.65 bits per heavy atom. The van der Waals surface area contributed by atoms with Gasteiger partial charge < -0.3 is 20.5 Å². The zero-order valence-corrected chi connectivity index (χ0v) is 13.8. The zero-order valence-electron chi connectivity index (χ0n) is 13.8. The summed E-state index contributed by atoms with van der Waals surface area (Å²) in [5, 5.41) is 3.10. The van der Waals surface area contributed by atoms with Crippen LogP contribution in [0, 0.1) is 5.92 Å². The van der Waals surface area contributed by atoms with Crippen molar-refractivity contribution >= 4 is 5.91 Å². The third kappa shape index (κ3) is 3.29. The Hall–Kier alpha value is -1.75. The smallest absolute Gasteiger partial charge is 0.224 e. The second-order valence-electron chi connectivity index (χ2n) is 6.70. The first-order chi connectivity index (χ1) is 11.1. The average molecular weight is 318 g/mol. The minimum absolute atomic E-state index is 0.000183. The lowest BCUT2D eigenvalue weighted by Crippen LogP contribution is -2.42. The first kappa shape index (κ1) is 16.1. The highest BCUT2D eigenvalue weighted by molar-refractivity contribution is 5.78. The van der Waals surface area contributed by atoms with Crippen molar-refractivity contribution in [3.8, 4) is 11.5 Å². The van der Waals surface area contributed by atoms with Gasteiger partial charge in [0.25, 0.3) is 0 Å². The van der Waals surface area contributed by atoms with E-state index in [1.165, 1.54) is 18.4 Å². The minimum Gasteiger partial charge on any atom is -0.486 e. The number of rotatable bonds is 5. The molecular weight excluding hydrogens is 292 g/mol. The van der Waals surface area contributed by atoms with Gasteiger partial charge in [0, 0.05) is 24.4 Å². The van der Waals surface area contributed by atoms with Crippen LogP contribution in [0.5, 0.6) is 11.5 Å². The van der Waals surface area contributed by atoms with Gasteiger partial charge in [-0.1, -0.05) is 25.8 Å². The quantitative estimate of drug-likeness (QED) is 0.870. The molecule has 1 heterocycles. The van der Waals surface area contributed by atoms with E-state index in [4.69, 9.17) is 15.2 Å². The molecule has 5 heteroatoms. The normalized spacial score (nSPS) is 20.1. The number of carbonyl (C=O) groups is 1. The second-order valence-corrected chi connectivity index (χ2v) is 6.70. The molecule has 3 rings (SSSR count). The van der Waals surface area contributed by atoms with Gasteiger partial charge in [-0.3, -0.25) is 4.79 Å². The largest absolute Gasteiger partial charge is 0.486 e. The van der Waals surface area contributed by atoms with Crippen LogP contribution in [0.4, 0.5) is 0 Å². The highest BCUT2D eigenvalue weighted by Crippen LogP contribution is 2.43. The van der Waals surface area contributed by atoms with E-state index in [0.717, 1.165) is 24.3 Å². The summed E-state index contributed by atoms with van der Waals surface area (Å²) < 4.78 is 11.3. The van der Waals surface area contributed by atoms with E-state index in [1.54, 1.807) is 0 Å². The molecule has 0 saturated heterocycles. The molecular formula is C18H26N2O3. The number of nitrogens with two attached hydrogens (primary N) is 1. The number of carbonyl (C=O) groups excluding carboxylic acids is 1. The molecule has 1 unspecified atom stereocenters. The molecule has 0 radical (unpaired) electrons.